The predicted molar refractivity (Wildman–Crippen MR) is 66.8 cm³/mol. The predicted octanol–water partition coefficient (Wildman–Crippen LogP) is 0.613. The molecule has 0 aromatic heterocycles. The van der Waals surface area contributed by atoms with Crippen LogP contribution in [0.4, 0.5) is 0 Å². The highest BCUT2D eigenvalue weighted by molar-refractivity contribution is 5.78. The summed E-state index contributed by atoms with van der Waals surface area (Å²) in [6.07, 6.45) is 3.33. The van der Waals surface area contributed by atoms with Crippen molar-refractivity contribution in [3.63, 3.8) is 0 Å². The zero-order chi connectivity index (χ0) is 12.8. The van der Waals surface area contributed by atoms with Gasteiger partial charge in [0, 0.05) is 32.2 Å². The van der Waals surface area contributed by atoms with Gasteiger partial charge in [0.05, 0.1) is 19.3 Å². The fraction of sp³-hybridized carbons (Fsp3) is 0.846. The molecule has 1 amide bonds. The van der Waals surface area contributed by atoms with Gasteiger partial charge in [-0.3, -0.25) is 9.69 Å². The van der Waals surface area contributed by atoms with E-state index in [2.05, 4.69) is 4.90 Å². The van der Waals surface area contributed by atoms with E-state index in [9.17, 15) is 4.79 Å². The molecule has 0 spiro atoms. The topological polar surface area (TPSA) is 56.6 Å². The van der Waals surface area contributed by atoms with Gasteiger partial charge in [-0.1, -0.05) is 0 Å². The molecule has 0 N–H and O–H groups in total. The van der Waals surface area contributed by atoms with E-state index in [0.717, 1.165) is 52.2 Å². The molecule has 2 saturated heterocycles. The van der Waals surface area contributed by atoms with Gasteiger partial charge in [-0.2, -0.15) is 5.26 Å². The summed E-state index contributed by atoms with van der Waals surface area (Å²) >= 11 is 0. The van der Waals surface area contributed by atoms with E-state index in [4.69, 9.17) is 10.00 Å². The van der Waals surface area contributed by atoms with Gasteiger partial charge >= 0.3 is 0 Å². The Morgan fingerprint density at radius 1 is 1.28 bits per heavy atom. The Morgan fingerprint density at radius 2 is 2.06 bits per heavy atom. The quantitative estimate of drug-likeness (QED) is 0.737. The lowest BCUT2D eigenvalue weighted by Gasteiger charge is -2.39. The number of morpholine rings is 1. The molecule has 0 aromatic rings. The third-order valence-corrected chi connectivity index (χ3v) is 3.75. The van der Waals surface area contributed by atoms with Crippen molar-refractivity contribution >= 4 is 5.91 Å². The largest absolute Gasteiger partial charge is 0.379 e. The molecule has 2 heterocycles. The second-order valence-corrected chi connectivity index (χ2v) is 4.98. The normalized spacial score (nSPS) is 25.7. The van der Waals surface area contributed by atoms with Gasteiger partial charge in [0.1, 0.15) is 6.42 Å². The molecule has 2 rings (SSSR count). The number of piperidine rings is 1. The van der Waals surface area contributed by atoms with Gasteiger partial charge in [0.25, 0.3) is 0 Å². The van der Waals surface area contributed by atoms with Crippen molar-refractivity contribution in [3.05, 3.63) is 0 Å². The van der Waals surface area contributed by atoms with Crippen molar-refractivity contribution < 1.29 is 9.53 Å². The Bertz CT molecular complexity index is 321. The first-order chi connectivity index (χ1) is 8.81. The number of nitrogens with zero attached hydrogens (tertiary/aromatic N) is 3. The Balaban J connectivity index is 1.90. The monoisotopic (exact) mass is 251 g/mol. The molecular weight excluding hydrogens is 230 g/mol. The van der Waals surface area contributed by atoms with Gasteiger partial charge in [0.15, 0.2) is 0 Å². The maximum absolute atomic E-state index is 11.9. The van der Waals surface area contributed by atoms with E-state index in [-0.39, 0.29) is 18.4 Å². The van der Waals surface area contributed by atoms with Crippen LogP contribution >= 0.6 is 0 Å². The number of hydrogen-bond acceptors (Lipinski definition) is 4. The molecule has 0 bridgehead atoms. The summed E-state index contributed by atoms with van der Waals surface area (Å²) in [6.45, 7) is 5.24. The summed E-state index contributed by atoms with van der Waals surface area (Å²) in [5, 5.41) is 8.65. The van der Waals surface area contributed by atoms with Crippen molar-refractivity contribution in [2.45, 2.75) is 31.7 Å². The molecule has 0 aromatic carbocycles. The first-order valence-corrected chi connectivity index (χ1v) is 6.78. The second-order valence-electron chi connectivity index (χ2n) is 4.98. The first kappa shape index (κ1) is 13.3. The standard InChI is InChI=1S/C13H21N3O2/c14-5-4-13(17)16-6-2-1-3-12(16)11-15-7-9-18-10-8-15/h12H,1-4,6-11H2. The highest BCUT2D eigenvalue weighted by atomic mass is 16.5. The van der Waals surface area contributed by atoms with E-state index in [0.29, 0.717) is 0 Å². The second kappa shape index (κ2) is 6.72. The van der Waals surface area contributed by atoms with Crippen LogP contribution in [0.1, 0.15) is 25.7 Å². The van der Waals surface area contributed by atoms with Crippen molar-refractivity contribution in [2.24, 2.45) is 0 Å². The minimum Gasteiger partial charge on any atom is -0.379 e. The Labute approximate surface area is 108 Å². The van der Waals surface area contributed by atoms with E-state index < -0.39 is 0 Å². The maximum Gasteiger partial charge on any atom is 0.237 e. The third-order valence-electron chi connectivity index (χ3n) is 3.75. The van der Waals surface area contributed by atoms with Crippen LogP contribution in [0.15, 0.2) is 0 Å². The van der Waals surface area contributed by atoms with E-state index >= 15 is 0 Å². The lowest BCUT2D eigenvalue weighted by atomic mass is 10.0. The van der Waals surface area contributed by atoms with Crippen LogP contribution in [0.3, 0.4) is 0 Å². The van der Waals surface area contributed by atoms with E-state index in [1.165, 1.54) is 6.42 Å². The van der Waals surface area contributed by atoms with Gasteiger partial charge in [-0.15, -0.1) is 0 Å². The summed E-state index contributed by atoms with van der Waals surface area (Å²) < 4.78 is 5.34. The third kappa shape index (κ3) is 3.44. The minimum atomic E-state index is -0.00420. The number of nitriles is 1. The number of hydrogen-bond donors (Lipinski definition) is 0. The summed E-state index contributed by atoms with van der Waals surface area (Å²) in [5.74, 6) is -0.00420. The fourth-order valence-electron chi connectivity index (χ4n) is 2.77. The summed E-state index contributed by atoms with van der Waals surface area (Å²) in [5.41, 5.74) is 0. The maximum atomic E-state index is 11.9. The zero-order valence-corrected chi connectivity index (χ0v) is 10.8. The molecular formula is C13H21N3O2. The summed E-state index contributed by atoms with van der Waals surface area (Å²) in [6, 6.07) is 2.25. The minimum absolute atomic E-state index is 0.00420. The van der Waals surface area contributed by atoms with Crippen LogP contribution in [0, 0.1) is 11.3 Å². The number of amides is 1. The SMILES string of the molecule is N#CCC(=O)N1CCCCC1CN1CCOCC1. The van der Waals surface area contributed by atoms with E-state index in [1.807, 2.05) is 11.0 Å². The molecule has 1 unspecified atom stereocenters. The molecule has 1 atom stereocenters. The molecule has 2 aliphatic rings. The average molecular weight is 251 g/mol. The lowest BCUT2D eigenvalue weighted by Crippen LogP contribution is -2.51. The number of ether oxygens (including phenoxy) is 1. The molecule has 5 nitrogen and oxygen atoms in total. The van der Waals surface area contributed by atoms with Crippen molar-refractivity contribution in [1.29, 1.82) is 5.26 Å². The lowest BCUT2D eigenvalue weighted by molar-refractivity contribution is -0.134. The van der Waals surface area contributed by atoms with Crippen LogP contribution in [0.25, 0.3) is 0 Å². The number of carbonyl (C=O) groups excluding carboxylic acids is 1. The Morgan fingerprint density at radius 3 is 2.78 bits per heavy atom. The van der Waals surface area contributed by atoms with Crippen LogP contribution in [0.5, 0.6) is 0 Å². The Hall–Kier alpha value is -1.12. The summed E-state index contributed by atoms with van der Waals surface area (Å²) in [4.78, 5) is 16.2. The molecule has 18 heavy (non-hydrogen) atoms. The van der Waals surface area contributed by atoms with Crippen LogP contribution in [0.2, 0.25) is 0 Å². The highest BCUT2D eigenvalue weighted by Gasteiger charge is 2.28. The molecule has 2 aliphatic heterocycles. The summed E-state index contributed by atoms with van der Waals surface area (Å²) in [7, 11) is 0. The van der Waals surface area contributed by atoms with Crippen LogP contribution < -0.4 is 0 Å². The first-order valence-electron chi connectivity index (χ1n) is 6.78. The van der Waals surface area contributed by atoms with Gasteiger partial charge in [-0.05, 0) is 19.3 Å². The van der Waals surface area contributed by atoms with Crippen molar-refractivity contribution in [1.82, 2.24) is 9.80 Å². The van der Waals surface area contributed by atoms with Crippen molar-refractivity contribution in [2.75, 3.05) is 39.4 Å². The zero-order valence-electron chi connectivity index (χ0n) is 10.8. The van der Waals surface area contributed by atoms with Crippen LogP contribution in [-0.4, -0.2) is 61.1 Å². The molecule has 5 heteroatoms. The highest BCUT2D eigenvalue weighted by Crippen LogP contribution is 2.19. The fourth-order valence-corrected chi connectivity index (χ4v) is 2.77. The van der Waals surface area contributed by atoms with Gasteiger partial charge < -0.3 is 9.64 Å². The van der Waals surface area contributed by atoms with Gasteiger partial charge in [-0.25, -0.2) is 0 Å². The smallest absolute Gasteiger partial charge is 0.237 e. The number of carbonyl (C=O) groups is 1. The van der Waals surface area contributed by atoms with Gasteiger partial charge in [0.2, 0.25) is 5.91 Å². The number of likely N-dealkylation sites (tertiary alicyclic amines) is 1. The molecule has 0 radical (unpaired) electrons. The molecule has 0 aliphatic carbocycles. The average Bonchev–Trinajstić information content (AvgIpc) is 2.41. The molecule has 2 fully saturated rings. The number of rotatable bonds is 3. The molecule has 0 saturated carbocycles. The Kier molecular flexibility index (Phi) is 4.97. The van der Waals surface area contributed by atoms with Crippen molar-refractivity contribution in [3.8, 4) is 6.07 Å². The van der Waals surface area contributed by atoms with Crippen LogP contribution in [-0.2, 0) is 9.53 Å². The van der Waals surface area contributed by atoms with E-state index in [1.54, 1.807) is 0 Å². The molecule has 100 valence electrons.